The molecule has 2 aliphatic rings. The fourth-order valence-electron chi connectivity index (χ4n) is 3.56. The van der Waals surface area contributed by atoms with Crippen molar-refractivity contribution in [1.82, 2.24) is 15.5 Å². The van der Waals surface area contributed by atoms with E-state index >= 15 is 0 Å². The van der Waals surface area contributed by atoms with E-state index in [2.05, 4.69) is 22.8 Å². The zero-order chi connectivity index (χ0) is 18.8. The standard InChI is InChI=1S/C21H21N3O2S/c1-27-16-9-7-15(8-10-16)19-18-17(22-21(26)23-19)13-24(20(18)25)12-11-14-5-3-2-4-6-14/h2-10,19H,11-13H2,1H3,(H2,22,23,26)/t19-/m0/s1. The maximum atomic E-state index is 13.0. The van der Waals surface area contributed by atoms with E-state index in [1.165, 1.54) is 5.56 Å². The van der Waals surface area contributed by atoms with Crippen LogP contribution in [0.5, 0.6) is 0 Å². The van der Waals surface area contributed by atoms with E-state index in [4.69, 9.17) is 0 Å². The first kappa shape index (κ1) is 17.7. The van der Waals surface area contributed by atoms with E-state index in [1.54, 1.807) is 11.8 Å². The van der Waals surface area contributed by atoms with Gasteiger partial charge >= 0.3 is 6.03 Å². The zero-order valence-corrected chi connectivity index (χ0v) is 15.9. The number of thioether (sulfide) groups is 1. The van der Waals surface area contributed by atoms with Gasteiger partial charge in [0.2, 0.25) is 0 Å². The number of benzene rings is 2. The Kier molecular flexibility index (Phi) is 4.90. The molecule has 0 saturated carbocycles. The van der Waals surface area contributed by atoms with Crippen LogP contribution in [0.1, 0.15) is 17.2 Å². The smallest absolute Gasteiger partial charge is 0.319 e. The lowest BCUT2D eigenvalue weighted by molar-refractivity contribution is -0.125. The highest BCUT2D eigenvalue weighted by Crippen LogP contribution is 2.33. The fraction of sp³-hybridized carbons (Fsp3) is 0.238. The summed E-state index contributed by atoms with van der Waals surface area (Å²) in [6.45, 7) is 1.08. The van der Waals surface area contributed by atoms with Gasteiger partial charge in [0.25, 0.3) is 5.91 Å². The van der Waals surface area contributed by atoms with Crippen LogP contribution in [-0.4, -0.2) is 36.2 Å². The molecule has 2 aliphatic heterocycles. The highest BCUT2D eigenvalue weighted by Gasteiger charge is 2.40. The topological polar surface area (TPSA) is 61.4 Å². The molecule has 0 fully saturated rings. The minimum absolute atomic E-state index is 0.00706. The van der Waals surface area contributed by atoms with Gasteiger partial charge in [-0.15, -0.1) is 11.8 Å². The third-order valence-corrected chi connectivity index (χ3v) is 5.73. The molecule has 0 radical (unpaired) electrons. The van der Waals surface area contributed by atoms with E-state index in [0.29, 0.717) is 18.7 Å². The number of rotatable bonds is 5. The van der Waals surface area contributed by atoms with Gasteiger partial charge in [-0.25, -0.2) is 4.79 Å². The molecule has 2 N–H and O–H groups in total. The van der Waals surface area contributed by atoms with E-state index in [1.807, 2.05) is 53.6 Å². The lowest BCUT2D eigenvalue weighted by atomic mass is 9.96. The second-order valence-corrected chi connectivity index (χ2v) is 7.54. The quantitative estimate of drug-likeness (QED) is 0.785. The molecule has 5 nitrogen and oxygen atoms in total. The summed E-state index contributed by atoms with van der Waals surface area (Å²) >= 11 is 1.66. The first-order valence-corrected chi connectivity index (χ1v) is 10.2. The number of hydrogen-bond donors (Lipinski definition) is 2. The van der Waals surface area contributed by atoms with Crippen molar-refractivity contribution in [2.75, 3.05) is 19.3 Å². The van der Waals surface area contributed by atoms with Crippen LogP contribution in [0.25, 0.3) is 0 Å². The average molecular weight is 379 g/mol. The SMILES string of the molecule is CSc1ccc([C@@H]2NC(=O)NC3=C2C(=O)N(CCc2ccccc2)C3)cc1. The van der Waals surface area contributed by atoms with Crippen LogP contribution in [0.2, 0.25) is 0 Å². The third kappa shape index (κ3) is 3.57. The molecule has 2 aromatic carbocycles. The molecule has 6 heteroatoms. The molecule has 0 spiro atoms. The summed E-state index contributed by atoms with van der Waals surface area (Å²) in [4.78, 5) is 28.1. The number of carbonyl (C=O) groups is 2. The van der Waals surface area contributed by atoms with Crippen molar-refractivity contribution in [2.24, 2.45) is 0 Å². The van der Waals surface area contributed by atoms with Gasteiger partial charge in [-0.3, -0.25) is 4.79 Å². The van der Waals surface area contributed by atoms with E-state index in [0.717, 1.165) is 22.6 Å². The summed E-state index contributed by atoms with van der Waals surface area (Å²) < 4.78 is 0. The Labute approximate surface area is 162 Å². The number of nitrogens with one attached hydrogen (secondary N) is 2. The Balaban J connectivity index is 1.54. The molecule has 0 aromatic heterocycles. The summed E-state index contributed by atoms with van der Waals surface area (Å²) in [5.41, 5.74) is 3.49. The van der Waals surface area contributed by atoms with Crippen molar-refractivity contribution < 1.29 is 9.59 Å². The average Bonchev–Trinajstić information content (AvgIpc) is 3.02. The molecule has 3 amide bonds. The maximum absolute atomic E-state index is 13.0. The van der Waals surface area contributed by atoms with Crippen LogP contribution >= 0.6 is 11.8 Å². The molecule has 1 atom stereocenters. The largest absolute Gasteiger partial charge is 0.333 e. The van der Waals surface area contributed by atoms with Crippen LogP contribution in [0.15, 0.2) is 70.8 Å². The Morgan fingerprint density at radius 3 is 2.52 bits per heavy atom. The molecule has 0 unspecified atom stereocenters. The number of nitrogens with zero attached hydrogens (tertiary/aromatic N) is 1. The van der Waals surface area contributed by atoms with Crippen LogP contribution in [-0.2, 0) is 11.2 Å². The molecule has 27 heavy (non-hydrogen) atoms. The normalized spacial score (nSPS) is 19.0. The van der Waals surface area contributed by atoms with Gasteiger partial charge in [0.15, 0.2) is 0 Å². The fourth-order valence-corrected chi connectivity index (χ4v) is 3.97. The highest BCUT2D eigenvalue weighted by atomic mass is 32.2. The Hall–Kier alpha value is -2.73. The van der Waals surface area contributed by atoms with Crippen molar-refractivity contribution in [3.05, 3.63) is 77.0 Å². The number of carbonyl (C=O) groups excluding carboxylic acids is 2. The van der Waals surface area contributed by atoms with Crippen LogP contribution in [0.4, 0.5) is 4.79 Å². The first-order chi connectivity index (χ1) is 13.2. The monoisotopic (exact) mass is 379 g/mol. The van der Waals surface area contributed by atoms with Crippen LogP contribution in [0.3, 0.4) is 0 Å². The second-order valence-electron chi connectivity index (χ2n) is 6.66. The molecule has 0 bridgehead atoms. The van der Waals surface area contributed by atoms with E-state index < -0.39 is 6.04 Å². The summed E-state index contributed by atoms with van der Waals surface area (Å²) in [6.07, 6.45) is 2.81. The molecule has 0 saturated heterocycles. The van der Waals surface area contributed by atoms with Crippen molar-refractivity contribution in [1.29, 1.82) is 0 Å². The van der Waals surface area contributed by atoms with E-state index in [-0.39, 0.29) is 11.9 Å². The molecular weight excluding hydrogens is 358 g/mol. The number of urea groups is 1. The minimum Gasteiger partial charge on any atom is -0.333 e. The minimum atomic E-state index is -0.404. The zero-order valence-electron chi connectivity index (χ0n) is 15.1. The van der Waals surface area contributed by atoms with Gasteiger partial charge in [0.1, 0.15) is 0 Å². The molecule has 2 aromatic rings. The molecule has 138 valence electrons. The van der Waals surface area contributed by atoms with Crippen LogP contribution < -0.4 is 10.6 Å². The molecule has 0 aliphatic carbocycles. The summed E-state index contributed by atoms with van der Waals surface area (Å²) in [7, 11) is 0. The van der Waals surface area contributed by atoms with Gasteiger partial charge in [-0.05, 0) is 35.9 Å². The number of amides is 3. The van der Waals surface area contributed by atoms with Crippen molar-refractivity contribution >= 4 is 23.7 Å². The number of hydrogen-bond acceptors (Lipinski definition) is 3. The first-order valence-electron chi connectivity index (χ1n) is 8.93. The third-order valence-electron chi connectivity index (χ3n) is 4.98. The molecule has 4 rings (SSSR count). The Morgan fingerprint density at radius 1 is 1.07 bits per heavy atom. The van der Waals surface area contributed by atoms with Gasteiger partial charge in [-0.1, -0.05) is 42.5 Å². The van der Waals surface area contributed by atoms with Crippen molar-refractivity contribution in [3.63, 3.8) is 0 Å². The predicted octanol–water partition coefficient (Wildman–Crippen LogP) is 3.10. The lowest BCUT2D eigenvalue weighted by Gasteiger charge is -2.25. The summed E-state index contributed by atoms with van der Waals surface area (Å²) in [6, 6.07) is 17.4. The van der Waals surface area contributed by atoms with E-state index in [9.17, 15) is 9.59 Å². The summed E-state index contributed by atoms with van der Waals surface area (Å²) in [5, 5.41) is 5.73. The van der Waals surface area contributed by atoms with Gasteiger partial charge in [0.05, 0.1) is 23.9 Å². The van der Waals surface area contributed by atoms with Crippen molar-refractivity contribution in [3.8, 4) is 0 Å². The van der Waals surface area contributed by atoms with Crippen LogP contribution in [0, 0.1) is 0 Å². The predicted molar refractivity (Wildman–Crippen MR) is 106 cm³/mol. The maximum Gasteiger partial charge on any atom is 0.319 e. The van der Waals surface area contributed by atoms with Gasteiger partial charge < -0.3 is 15.5 Å². The Morgan fingerprint density at radius 2 is 1.81 bits per heavy atom. The highest BCUT2D eigenvalue weighted by molar-refractivity contribution is 7.98. The molecular formula is C21H21N3O2S. The van der Waals surface area contributed by atoms with Gasteiger partial charge in [-0.2, -0.15) is 0 Å². The Bertz CT molecular complexity index is 893. The van der Waals surface area contributed by atoms with Crippen molar-refractivity contribution in [2.45, 2.75) is 17.4 Å². The van der Waals surface area contributed by atoms with Gasteiger partial charge in [0, 0.05) is 11.4 Å². The molecule has 2 heterocycles. The summed E-state index contributed by atoms with van der Waals surface area (Å²) in [5.74, 6) is -0.00706. The lowest BCUT2D eigenvalue weighted by Crippen LogP contribution is -2.44. The second kappa shape index (κ2) is 7.48.